The Morgan fingerprint density at radius 2 is 1.23 bits per heavy atom. The average molecular weight is 597 g/mol. The monoisotopic (exact) mass is 596 g/mol. The lowest BCUT2D eigenvalue weighted by Crippen LogP contribution is -2.44. The number of hydrogen-bond acceptors (Lipinski definition) is 6. The summed E-state index contributed by atoms with van der Waals surface area (Å²) in [5.41, 5.74) is 5.63. The molecule has 1 fully saturated rings. The molecule has 44 heavy (non-hydrogen) atoms. The molecule has 0 amide bonds. The first-order valence-corrected chi connectivity index (χ1v) is 15.7. The molecule has 1 aliphatic heterocycles. The molecule has 4 rings (SSSR count). The van der Waals surface area contributed by atoms with Gasteiger partial charge in [-0.1, -0.05) is 54.6 Å². The van der Waals surface area contributed by atoms with Crippen molar-refractivity contribution in [2.24, 2.45) is 10.8 Å². The van der Waals surface area contributed by atoms with Gasteiger partial charge in [-0.3, -0.25) is 9.59 Å². The average Bonchev–Trinajstić information content (AvgIpc) is 2.99. The van der Waals surface area contributed by atoms with E-state index in [1.54, 1.807) is 0 Å². The van der Waals surface area contributed by atoms with E-state index < -0.39 is 10.8 Å². The molecule has 0 saturated carbocycles. The molecule has 6 heteroatoms. The number of likely N-dealkylation sites (N-methyl/N-ethyl adjacent to an activating group) is 1. The molecule has 0 radical (unpaired) electrons. The molecule has 0 aliphatic carbocycles. The second-order valence-corrected chi connectivity index (χ2v) is 13.7. The van der Waals surface area contributed by atoms with Crippen LogP contribution in [0.15, 0.2) is 78.9 Å². The van der Waals surface area contributed by atoms with E-state index in [1.165, 1.54) is 11.3 Å². The lowest BCUT2D eigenvalue weighted by atomic mass is 9.87. The lowest BCUT2D eigenvalue weighted by molar-refractivity contribution is -0.153. The maximum atomic E-state index is 12.5. The second-order valence-electron chi connectivity index (χ2n) is 13.7. The summed E-state index contributed by atoms with van der Waals surface area (Å²) in [6, 6.07) is 27.0. The first-order chi connectivity index (χ1) is 20.8. The van der Waals surface area contributed by atoms with Crippen LogP contribution >= 0.6 is 0 Å². The molecule has 3 aromatic rings. The zero-order valence-electron chi connectivity index (χ0n) is 27.5. The molecule has 0 aromatic heterocycles. The predicted molar refractivity (Wildman–Crippen MR) is 180 cm³/mol. The molecule has 234 valence electrons. The van der Waals surface area contributed by atoms with Gasteiger partial charge in [0.25, 0.3) is 0 Å². The number of rotatable bonds is 9. The van der Waals surface area contributed by atoms with Gasteiger partial charge in [0.2, 0.25) is 0 Å². The summed E-state index contributed by atoms with van der Waals surface area (Å²) in [4.78, 5) is 29.8. The van der Waals surface area contributed by atoms with Crippen molar-refractivity contribution in [2.75, 3.05) is 44.7 Å². The highest BCUT2D eigenvalue weighted by atomic mass is 16.5. The van der Waals surface area contributed by atoms with Gasteiger partial charge >= 0.3 is 11.9 Å². The van der Waals surface area contributed by atoms with Crippen LogP contribution < -0.4 is 9.64 Å². The third-order valence-corrected chi connectivity index (χ3v) is 7.83. The SMILES string of the molecule is CN1CCN(c2ccc(C(=C(CCCOC(=O)C(C)(C)C)c3ccccc3)c3ccc(OC(=O)C(C)(C)C)cc3)cc2)CC1. The highest BCUT2D eigenvalue weighted by Gasteiger charge is 2.25. The summed E-state index contributed by atoms with van der Waals surface area (Å²) in [5, 5.41) is 0. The molecule has 0 bridgehead atoms. The fourth-order valence-corrected chi connectivity index (χ4v) is 5.05. The second kappa shape index (κ2) is 14.3. The largest absolute Gasteiger partial charge is 0.465 e. The number of nitrogens with zero attached hydrogens (tertiary/aromatic N) is 2. The van der Waals surface area contributed by atoms with Gasteiger partial charge in [-0.25, -0.2) is 0 Å². The van der Waals surface area contributed by atoms with Crippen LogP contribution in [0.1, 0.15) is 71.1 Å². The third kappa shape index (κ3) is 8.82. The predicted octanol–water partition coefficient (Wildman–Crippen LogP) is 7.72. The minimum atomic E-state index is -0.591. The van der Waals surface area contributed by atoms with Gasteiger partial charge in [-0.2, -0.15) is 0 Å². The van der Waals surface area contributed by atoms with Crippen molar-refractivity contribution < 1.29 is 19.1 Å². The summed E-state index contributed by atoms with van der Waals surface area (Å²) < 4.78 is 11.3. The minimum absolute atomic E-state index is 0.192. The Bertz CT molecular complexity index is 1420. The minimum Gasteiger partial charge on any atom is -0.465 e. The Morgan fingerprint density at radius 1 is 0.682 bits per heavy atom. The molecule has 1 heterocycles. The zero-order chi connectivity index (χ0) is 31.9. The number of ether oxygens (including phenoxy) is 2. The molecular formula is C38H48N2O4. The number of carbonyl (C=O) groups is 2. The van der Waals surface area contributed by atoms with Crippen molar-refractivity contribution in [1.82, 2.24) is 4.90 Å². The first kappa shape index (κ1) is 33.0. The fraction of sp³-hybridized carbons (Fsp3) is 0.421. The maximum absolute atomic E-state index is 12.5. The van der Waals surface area contributed by atoms with Gasteiger partial charge in [0, 0.05) is 31.9 Å². The topological polar surface area (TPSA) is 59.1 Å². The lowest BCUT2D eigenvalue weighted by Gasteiger charge is -2.34. The van der Waals surface area contributed by atoms with Crippen LogP contribution in [-0.2, 0) is 14.3 Å². The number of hydrogen-bond donors (Lipinski definition) is 0. The van der Waals surface area contributed by atoms with Gasteiger partial charge in [0.05, 0.1) is 17.4 Å². The van der Waals surface area contributed by atoms with Crippen LogP contribution in [0.4, 0.5) is 5.69 Å². The van der Waals surface area contributed by atoms with Crippen molar-refractivity contribution in [1.29, 1.82) is 0 Å². The van der Waals surface area contributed by atoms with Crippen LogP contribution in [0.2, 0.25) is 0 Å². The van der Waals surface area contributed by atoms with E-state index in [-0.39, 0.29) is 11.9 Å². The van der Waals surface area contributed by atoms with E-state index in [0.717, 1.165) is 54.9 Å². The number of allylic oxidation sites excluding steroid dienone is 1. The van der Waals surface area contributed by atoms with E-state index in [0.29, 0.717) is 18.8 Å². The molecule has 0 N–H and O–H groups in total. The first-order valence-electron chi connectivity index (χ1n) is 15.7. The van der Waals surface area contributed by atoms with Gasteiger partial charge in [0.15, 0.2) is 0 Å². The molecule has 0 unspecified atom stereocenters. The van der Waals surface area contributed by atoms with Crippen molar-refractivity contribution in [2.45, 2.75) is 54.4 Å². The van der Waals surface area contributed by atoms with E-state index >= 15 is 0 Å². The van der Waals surface area contributed by atoms with Gasteiger partial charge in [-0.15, -0.1) is 0 Å². The number of carbonyl (C=O) groups excluding carboxylic acids is 2. The van der Waals surface area contributed by atoms with Gasteiger partial charge in [0.1, 0.15) is 5.75 Å². The maximum Gasteiger partial charge on any atom is 0.316 e. The molecule has 3 aromatic carbocycles. The van der Waals surface area contributed by atoms with Crippen LogP contribution in [0.25, 0.3) is 11.1 Å². The summed E-state index contributed by atoms with van der Waals surface area (Å²) in [5.74, 6) is 0.0620. The Balaban J connectivity index is 1.73. The van der Waals surface area contributed by atoms with Crippen LogP contribution in [0.5, 0.6) is 5.75 Å². The van der Waals surface area contributed by atoms with E-state index in [1.807, 2.05) is 71.9 Å². The normalized spacial score (nSPS) is 15.0. The summed E-state index contributed by atoms with van der Waals surface area (Å²) in [7, 11) is 2.17. The van der Waals surface area contributed by atoms with Crippen LogP contribution in [0, 0.1) is 10.8 Å². The number of benzene rings is 3. The number of anilines is 1. The quantitative estimate of drug-likeness (QED) is 0.109. The molecule has 1 aliphatic rings. The number of piperazine rings is 1. The highest BCUT2D eigenvalue weighted by Crippen LogP contribution is 2.37. The Kier molecular flexibility index (Phi) is 10.7. The van der Waals surface area contributed by atoms with Crippen molar-refractivity contribution in [3.05, 3.63) is 95.6 Å². The standard InChI is InChI=1S/C38H48N2O4/c1-37(2,3)35(41)43-27-11-14-33(28-12-9-8-10-13-28)34(30-17-21-32(22-18-30)44-36(42)38(4,5)6)29-15-19-31(20-16-29)40-25-23-39(7)24-26-40/h8-10,12-13,15-22H,11,14,23-27H2,1-7H3. The van der Waals surface area contributed by atoms with E-state index in [2.05, 4.69) is 65.4 Å². The molecule has 0 atom stereocenters. The summed E-state index contributed by atoms with van der Waals surface area (Å²) in [6.45, 7) is 15.6. The zero-order valence-corrected chi connectivity index (χ0v) is 27.5. The molecule has 0 spiro atoms. The van der Waals surface area contributed by atoms with E-state index in [9.17, 15) is 9.59 Å². The third-order valence-electron chi connectivity index (χ3n) is 7.83. The molecular weight excluding hydrogens is 548 g/mol. The smallest absolute Gasteiger partial charge is 0.316 e. The highest BCUT2D eigenvalue weighted by molar-refractivity contribution is 5.99. The Hall–Kier alpha value is -3.90. The number of esters is 2. The summed E-state index contributed by atoms with van der Waals surface area (Å²) >= 11 is 0. The van der Waals surface area contributed by atoms with Crippen LogP contribution in [-0.4, -0.2) is 56.7 Å². The van der Waals surface area contributed by atoms with E-state index in [4.69, 9.17) is 9.47 Å². The van der Waals surface area contributed by atoms with Crippen molar-refractivity contribution in [3.63, 3.8) is 0 Å². The van der Waals surface area contributed by atoms with Gasteiger partial charge < -0.3 is 19.3 Å². The Morgan fingerprint density at radius 3 is 1.77 bits per heavy atom. The summed E-state index contributed by atoms with van der Waals surface area (Å²) in [6.07, 6.45) is 1.41. The van der Waals surface area contributed by atoms with Gasteiger partial charge in [-0.05, 0) is 114 Å². The van der Waals surface area contributed by atoms with Crippen molar-refractivity contribution >= 4 is 28.8 Å². The molecule has 1 saturated heterocycles. The Labute approximate surface area is 263 Å². The molecule has 6 nitrogen and oxygen atoms in total. The van der Waals surface area contributed by atoms with Crippen LogP contribution in [0.3, 0.4) is 0 Å². The fourth-order valence-electron chi connectivity index (χ4n) is 5.05. The van der Waals surface area contributed by atoms with Crippen molar-refractivity contribution in [3.8, 4) is 5.75 Å².